The number of carbonyl (C=O) groups excluding carboxylic acids is 3. The number of hydrogen-bond donors (Lipinski definition) is 6. The Morgan fingerprint density at radius 2 is 1.87 bits per heavy atom. The number of rotatable bonds is 13. The van der Waals surface area contributed by atoms with E-state index in [0.29, 0.717) is 28.7 Å². The molecule has 2 aromatic heterocycles. The van der Waals surface area contributed by atoms with Crippen molar-refractivity contribution < 1.29 is 48.6 Å². The fourth-order valence-electron chi connectivity index (χ4n) is 6.81. The summed E-state index contributed by atoms with van der Waals surface area (Å²) in [5.41, 5.74) is 4.20. The Bertz CT molecular complexity index is 2200. The molecule has 0 spiro atoms. The van der Waals surface area contributed by atoms with Crippen LogP contribution in [0.15, 0.2) is 51.0 Å². The number of fused-ring (bicyclic) bond motifs is 2. The van der Waals surface area contributed by atoms with Crippen LogP contribution in [-0.4, -0.2) is 155 Å². The molecule has 1 aromatic carbocycles. The van der Waals surface area contributed by atoms with Gasteiger partial charge in [-0.25, -0.2) is 14.6 Å². The number of nitrogens with one attached hydrogen (secondary N) is 2. The van der Waals surface area contributed by atoms with Gasteiger partial charge >= 0.3 is 41.5 Å². The van der Waals surface area contributed by atoms with Crippen molar-refractivity contribution in [1.29, 1.82) is 0 Å². The molecule has 18 nitrogen and oxygen atoms in total. The summed E-state index contributed by atoms with van der Waals surface area (Å²) in [4.78, 5) is 87.2. The summed E-state index contributed by atoms with van der Waals surface area (Å²) in [6.45, 7) is 5.04. The van der Waals surface area contributed by atoms with Crippen molar-refractivity contribution in [3.8, 4) is 5.75 Å². The Kier molecular flexibility index (Phi) is 12.4. The Hall–Kier alpha value is -4.47. The van der Waals surface area contributed by atoms with Crippen LogP contribution in [0.1, 0.15) is 42.7 Å². The van der Waals surface area contributed by atoms with Crippen molar-refractivity contribution in [1.82, 2.24) is 25.1 Å². The third-order valence-electron chi connectivity index (χ3n) is 9.74. The van der Waals surface area contributed by atoms with Gasteiger partial charge in [0.1, 0.15) is 29.4 Å². The standard InChI is InChI=1S/C34H38N8O10S2.Na.H/c1-34(2,32(50)51)52-39-23(20-16-54-33(35)37-20)28(46)38-24-29(47)41-25(31(48)49)18(15-53-30(24)41)14-42(9-4-5-10-42)11-8-36-27(45)17-6-7-21-19(12-17)26(44)22(43)13-40(21)3;;/h6-7,12-13,16,24,30H,4-5,8-11,14-15H2,1-3H3,(H6-,35,36,37,38,43,45,46,48,49,50,51);;/p+1/b39-23-;;/t24-,30-;;/m1../s1. The van der Waals surface area contributed by atoms with E-state index >= 15 is 0 Å². The predicted molar refractivity (Wildman–Crippen MR) is 205 cm³/mol. The number of β-lactam (4-membered cyclic amide) rings is 1. The number of quaternary nitrogens is 1. The maximum absolute atomic E-state index is 13.5. The SMILES string of the molecule is Cn1cc(O)c(=O)c2cc(C(=O)NCC[N+]3(CC4=C(C(=O)O)N5C(=O)[C@@H](NC(=O)/C(=N\OC(C)(C)C(=O)O)c6csc(N)n6)[C@H]5SC4)CCCC3)ccc21.[NaH]. The second-order valence-corrected chi connectivity index (χ2v) is 15.9. The number of nitrogen functional groups attached to an aromatic ring is 1. The molecule has 2 saturated heterocycles. The molecule has 5 heterocycles. The van der Waals surface area contributed by atoms with E-state index in [-0.39, 0.29) is 69.3 Å². The van der Waals surface area contributed by atoms with Crippen LogP contribution in [0.3, 0.4) is 0 Å². The number of thiazole rings is 1. The zero-order valence-electron chi connectivity index (χ0n) is 29.5. The fourth-order valence-corrected chi connectivity index (χ4v) is 8.69. The molecule has 3 aromatic rings. The van der Waals surface area contributed by atoms with E-state index in [1.54, 1.807) is 23.7 Å². The first kappa shape index (κ1) is 41.7. The molecular formula is C34H40N8NaO10S2+. The van der Waals surface area contributed by atoms with Gasteiger partial charge in [0.25, 0.3) is 17.7 Å². The number of carboxylic acid groups (broad SMARTS) is 2. The number of thioether (sulfide) groups is 1. The fraction of sp³-hybridized carbons (Fsp3) is 0.412. The Morgan fingerprint density at radius 3 is 2.51 bits per heavy atom. The minimum atomic E-state index is -1.79. The van der Waals surface area contributed by atoms with Crippen LogP contribution in [0.5, 0.6) is 5.75 Å². The normalized spacial score (nSPS) is 19.3. The quantitative estimate of drug-likeness (QED) is 0.0438. The van der Waals surface area contributed by atoms with Crippen LogP contribution >= 0.6 is 23.1 Å². The van der Waals surface area contributed by atoms with Crippen molar-refractivity contribution in [3.63, 3.8) is 0 Å². The van der Waals surface area contributed by atoms with Crippen LogP contribution in [0.25, 0.3) is 10.9 Å². The van der Waals surface area contributed by atoms with Gasteiger partial charge in [0.2, 0.25) is 11.0 Å². The van der Waals surface area contributed by atoms with Crippen LogP contribution in [0, 0.1) is 0 Å². The number of hydrogen-bond acceptors (Lipinski definition) is 13. The van der Waals surface area contributed by atoms with Crippen LogP contribution in [0.2, 0.25) is 0 Å². The number of carbonyl (C=O) groups is 5. The van der Waals surface area contributed by atoms with Crippen molar-refractivity contribution in [2.45, 2.75) is 43.7 Å². The number of carboxylic acids is 2. The van der Waals surface area contributed by atoms with E-state index in [1.165, 1.54) is 48.2 Å². The molecule has 3 aliphatic rings. The van der Waals surface area contributed by atoms with Gasteiger partial charge in [0.15, 0.2) is 16.6 Å². The molecule has 0 bridgehead atoms. The molecule has 0 aliphatic carbocycles. The Morgan fingerprint density at radius 1 is 1.16 bits per heavy atom. The first-order valence-corrected chi connectivity index (χ1v) is 18.8. The molecule has 7 N–H and O–H groups in total. The second-order valence-electron chi connectivity index (χ2n) is 13.9. The molecule has 3 amide bonds. The number of aromatic hydroxyl groups is 1. The number of aryl methyl sites for hydroxylation is 1. The van der Waals surface area contributed by atoms with E-state index in [9.17, 15) is 44.1 Å². The van der Waals surface area contributed by atoms with E-state index in [1.807, 2.05) is 0 Å². The average molecular weight is 808 g/mol. The number of benzene rings is 1. The summed E-state index contributed by atoms with van der Waals surface area (Å²) in [7, 11) is 1.68. The van der Waals surface area contributed by atoms with Gasteiger partial charge in [0, 0.05) is 42.2 Å². The molecule has 21 heteroatoms. The summed E-state index contributed by atoms with van der Waals surface area (Å²) in [5.74, 6) is -4.70. The average Bonchev–Trinajstić information content (AvgIpc) is 3.77. The first-order chi connectivity index (χ1) is 25.5. The molecule has 6 rings (SSSR count). The van der Waals surface area contributed by atoms with Gasteiger partial charge in [-0.3, -0.25) is 24.1 Å². The van der Waals surface area contributed by atoms with Crippen LogP contribution < -0.4 is 21.8 Å². The van der Waals surface area contributed by atoms with E-state index in [4.69, 9.17) is 10.6 Å². The third kappa shape index (κ3) is 8.38. The number of aliphatic carboxylic acids is 2. The zero-order chi connectivity index (χ0) is 39.1. The molecule has 288 valence electrons. The summed E-state index contributed by atoms with van der Waals surface area (Å²) in [6, 6.07) is 3.57. The summed E-state index contributed by atoms with van der Waals surface area (Å²) >= 11 is 2.32. The minimum absolute atomic E-state index is 0. The second kappa shape index (κ2) is 16.3. The van der Waals surface area contributed by atoms with Gasteiger partial charge in [-0.05, 0) is 32.0 Å². The van der Waals surface area contributed by atoms with Crippen molar-refractivity contribution in [2.24, 2.45) is 12.2 Å². The van der Waals surface area contributed by atoms with E-state index in [0.717, 1.165) is 37.3 Å². The number of aromatic nitrogens is 2. The zero-order valence-corrected chi connectivity index (χ0v) is 31.2. The molecule has 0 saturated carbocycles. The van der Waals surface area contributed by atoms with E-state index in [2.05, 4.69) is 20.8 Å². The van der Waals surface area contributed by atoms with Gasteiger partial charge in [-0.1, -0.05) is 5.16 Å². The van der Waals surface area contributed by atoms with Gasteiger partial charge in [-0.15, -0.1) is 23.1 Å². The Balaban J connectivity index is 0.00000580. The number of nitrogens with zero attached hydrogens (tertiary/aromatic N) is 5. The first-order valence-electron chi connectivity index (χ1n) is 16.9. The molecule has 2 fully saturated rings. The van der Waals surface area contributed by atoms with Crippen LogP contribution in [0.4, 0.5) is 5.13 Å². The van der Waals surface area contributed by atoms with Gasteiger partial charge in [-0.2, -0.15) is 0 Å². The van der Waals surface area contributed by atoms with Crippen molar-refractivity contribution >= 4 is 104 Å². The molecular weight excluding hydrogens is 768 g/mol. The Labute approximate surface area is 344 Å². The predicted octanol–water partition coefficient (Wildman–Crippen LogP) is -0.00260. The number of amides is 3. The number of likely N-dealkylation sites (tertiary alicyclic amines) is 1. The number of nitrogens with two attached hydrogens (primary N) is 1. The van der Waals surface area contributed by atoms with Crippen molar-refractivity contribution in [2.75, 3.05) is 44.2 Å². The van der Waals surface area contributed by atoms with E-state index < -0.39 is 63.6 Å². The summed E-state index contributed by atoms with van der Waals surface area (Å²) < 4.78 is 2.09. The molecule has 3 aliphatic heterocycles. The summed E-state index contributed by atoms with van der Waals surface area (Å²) in [6.07, 6.45) is 3.11. The monoisotopic (exact) mass is 807 g/mol. The molecule has 0 radical (unpaired) electrons. The number of oxime groups is 1. The number of anilines is 1. The van der Waals surface area contributed by atoms with Gasteiger partial charge in [0.05, 0.1) is 43.3 Å². The maximum atomic E-state index is 13.5. The molecule has 2 atom stereocenters. The third-order valence-corrected chi connectivity index (χ3v) is 11.8. The van der Waals surface area contributed by atoms with Crippen LogP contribution in [-0.2, 0) is 31.1 Å². The topological polar surface area (TPSA) is 256 Å². The summed E-state index contributed by atoms with van der Waals surface area (Å²) in [5, 5.41) is 40.0. The molecule has 55 heavy (non-hydrogen) atoms. The number of pyridine rings is 1. The molecule has 0 unspecified atom stereocenters. The van der Waals surface area contributed by atoms with Gasteiger partial charge < -0.3 is 45.6 Å². The van der Waals surface area contributed by atoms with Crippen molar-refractivity contribution in [3.05, 3.63) is 62.5 Å².